The molecule has 0 saturated carbocycles. The van der Waals surface area contributed by atoms with Gasteiger partial charge in [0.15, 0.2) is 6.29 Å². The van der Waals surface area contributed by atoms with Crippen LogP contribution in [0.5, 0.6) is 0 Å². The quantitative estimate of drug-likeness (QED) is 0.0261. The van der Waals surface area contributed by atoms with Crippen LogP contribution in [-0.2, 0) is 14.3 Å². The fourth-order valence-electron chi connectivity index (χ4n) is 9.21. The number of nitrogens with one attached hydrogen (secondary N) is 1. The first-order valence-corrected chi connectivity index (χ1v) is 29.5. The molecule has 7 atom stereocenters. The number of unbranched alkanes of at least 4 members (excludes halogenated alkanes) is 32. The molecule has 1 aliphatic rings. The van der Waals surface area contributed by atoms with Crippen LogP contribution < -0.4 is 5.32 Å². The van der Waals surface area contributed by atoms with E-state index in [-0.39, 0.29) is 12.5 Å². The third-order valence-electron chi connectivity index (χ3n) is 13.8. The van der Waals surface area contributed by atoms with Gasteiger partial charge in [0, 0.05) is 6.42 Å². The molecule has 9 nitrogen and oxygen atoms in total. The number of allylic oxidation sites excluding steroid dienone is 9. The van der Waals surface area contributed by atoms with Crippen LogP contribution in [0.3, 0.4) is 0 Å². The maximum atomic E-state index is 13.0. The summed E-state index contributed by atoms with van der Waals surface area (Å²) in [5.74, 6) is -0.199. The van der Waals surface area contributed by atoms with Crippen molar-refractivity contribution in [3.8, 4) is 0 Å². The molecule has 1 amide bonds. The van der Waals surface area contributed by atoms with E-state index in [0.717, 1.165) is 77.0 Å². The van der Waals surface area contributed by atoms with E-state index in [9.17, 15) is 30.3 Å². The summed E-state index contributed by atoms with van der Waals surface area (Å²) < 4.78 is 11.3. The lowest BCUT2D eigenvalue weighted by Crippen LogP contribution is -2.60. The molecule has 0 aromatic carbocycles. The Hall–Kier alpha value is -2.11. The lowest BCUT2D eigenvalue weighted by molar-refractivity contribution is -0.302. The van der Waals surface area contributed by atoms with Crippen LogP contribution in [0.2, 0.25) is 0 Å². The third-order valence-corrected chi connectivity index (χ3v) is 13.8. The van der Waals surface area contributed by atoms with Gasteiger partial charge in [-0.2, -0.15) is 0 Å². The van der Waals surface area contributed by atoms with Gasteiger partial charge in [0.1, 0.15) is 24.4 Å². The number of carbonyl (C=O) groups excluding carboxylic acids is 1. The van der Waals surface area contributed by atoms with Gasteiger partial charge in [0.25, 0.3) is 0 Å². The highest BCUT2D eigenvalue weighted by molar-refractivity contribution is 5.76. The summed E-state index contributed by atoms with van der Waals surface area (Å²) >= 11 is 0. The Morgan fingerprint density at radius 1 is 0.500 bits per heavy atom. The second-order valence-corrected chi connectivity index (χ2v) is 20.4. The maximum absolute atomic E-state index is 13.0. The first-order chi connectivity index (χ1) is 34.3. The molecular weight excluding hydrogens is 875 g/mol. The van der Waals surface area contributed by atoms with Gasteiger partial charge in [0.05, 0.1) is 25.4 Å². The predicted molar refractivity (Wildman–Crippen MR) is 295 cm³/mol. The van der Waals surface area contributed by atoms with Gasteiger partial charge < -0.3 is 40.3 Å². The second-order valence-electron chi connectivity index (χ2n) is 20.4. The average molecular weight is 987 g/mol. The van der Waals surface area contributed by atoms with Crippen molar-refractivity contribution >= 4 is 5.91 Å². The van der Waals surface area contributed by atoms with E-state index in [1.807, 2.05) is 6.08 Å². The van der Waals surface area contributed by atoms with Crippen molar-refractivity contribution in [2.24, 2.45) is 0 Å². The van der Waals surface area contributed by atoms with Crippen LogP contribution >= 0.6 is 0 Å². The number of rotatable bonds is 50. The molecular formula is C61H111NO8. The maximum Gasteiger partial charge on any atom is 0.220 e. The van der Waals surface area contributed by atoms with Crippen molar-refractivity contribution in [2.75, 3.05) is 13.2 Å². The molecule has 408 valence electrons. The molecule has 70 heavy (non-hydrogen) atoms. The summed E-state index contributed by atoms with van der Waals surface area (Å²) in [7, 11) is 0. The van der Waals surface area contributed by atoms with Crippen molar-refractivity contribution in [1.82, 2.24) is 5.32 Å². The molecule has 0 aromatic rings. The van der Waals surface area contributed by atoms with Gasteiger partial charge >= 0.3 is 0 Å². The van der Waals surface area contributed by atoms with E-state index < -0.39 is 49.5 Å². The standard InChI is InChI=1S/C61H111NO8/c1-3-5-7-9-11-13-15-17-19-21-22-23-24-25-26-27-28-29-30-31-32-33-35-36-38-40-42-44-46-48-50-55(64)54(53-69-61-60(68)59(67)58(66)56(52-63)70-61)62-57(65)51-49-47-45-43-41-39-37-34-20-18-16-14-12-10-8-6-4-2/h6,8,12,14,18,20,37,39,48,50,54-56,58-61,63-64,66-68H,3-5,7,9-11,13,15-17,19,21-36,38,40-47,49,51-53H2,1-2H3,(H,62,65)/b8-6-,14-12-,20-18-,39-37-,50-48+. The summed E-state index contributed by atoms with van der Waals surface area (Å²) in [6, 6.07) is -0.821. The number of ether oxygens (including phenoxy) is 2. The van der Waals surface area contributed by atoms with E-state index in [2.05, 4.69) is 67.8 Å². The molecule has 0 aromatic heterocycles. The monoisotopic (exact) mass is 986 g/mol. The smallest absolute Gasteiger partial charge is 0.220 e. The van der Waals surface area contributed by atoms with Crippen LogP contribution in [-0.4, -0.2) is 87.5 Å². The van der Waals surface area contributed by atoms with Crippen LogP contribution in [0.1, 0.15) is 264 Å². The minimum Gasteiger partial charge on any atom is -0.394 e. The minimum absolute atomic E-state index is 0.199. The Morgan fingerprint density at radius 3 is 1.31 bits per heavy atom. The Balaban J connectivity index is 2.19. The molecule has 1 rings (SSSR count). The number of amides is 1. The Morgan fingerprint density at radius 2 is 0.886 bits per heavy atom. The molecule has 0 spiro atoms. The van der Waals surface area contributed by atoms with Crippen LogP contribution in [0.4, 0.5) is 0 Å². The zero-order chi connectivity index (χ0) is 50.8. The van der Waals surface area contributed by atoms with E-state index in [1.54, 1.807) is 6.08 Å². The number of carbonyl (C=O) groups is 1. The van der Waals surface area contributed by atoms with Gasteiger partial charge in [-0.3, -0.25) is 4.79 Å². The van der Waals surface area contributed by atoms with Gasteiger partial charge in [-0.05, 0) is 57.8 Å². The number of aliphatic hydroxyl groups excluding tert-OH is 5. The normalized spacial score (nSPS) is 19.8. The van der Waals surface area contributed by atoms with Crippen molar-refractivity contribution in [3.63, 3.8) is 0 Å². The number of aliphatic hydroxyl groups is 5. The number of hydrogen-bond donors (Lipinski definition) is 6. The van der Waals surface area contributed by atoms with Crippen molar-refractivity contribution < 1.29 is 39.8 Å². The van der Waals surface area contributed by atoms with Crippen LogP contribution in [0, 0.1) is 0 Å². The lowest BCUT2D eigenvalue weighted by atomic mass is 9.99. The van der Waals surface area contributed by atoms with E-state index in [0.29, 0.717) is 6.42 Å². The van der Waals surface area contributed by atoms with E-state index >= 15 is 0 Å². The Labute approximate surface area is 430 Å². The minimum atomic E-state index is -1.57. The summed E-state index contributed by atoms with van der Waals surface area (Å²) in [6.45, 7) is 3.67. The third kappa shape index (κ3) is 39.4. The average Bonchev–Trinajstić information content (AvgIpc) is 3.36. The van der Waals surface area contributed by atoms with Crippen molar-refractivity contribution in [3.05, 3.63) is 60.8 Å². The molecule has 0 bridgehead atoms. The zero-order valence-corrected chi connectivity index (χ0v) is 45.3. The van der Waals surface area contributed by atoms with Gasteiger partial charge in [-0.1, -0.05) is 261 Å². The first kappa shape index (κ1) is 65.9. The molecule has 1 aliphatic heterocycles. The molecule has 1 saturated heterocycles. The second kappa shape index (κ2) is 50.4. The van der Waals surface area contributed by atoms with Gasteiger partial charge in [0.2, 0.25) is 5.91 Å². The first-order valence-electron chi connectivity index (χ1n) is 29.5. The van der Waals surface area contributed by atoms with Crippen LogP contribution in [0.25, 0.3) is 0 Å². The molecule has 7 unspecified atom stereocenters. The molecule has 1 fully saturated rings. The van der Waals surface area contributed by atoms with Crippen molar-refractivity contribution in [2.45, 2.75) is 307 Å². The summed E-state index contributed by atoms with van der Waals surface area (Å²) in [5.41, 5.74) is 0. The SMILES string of the molecule is CC/C=C\C/C=C\C/C=C\C/C=C\CCCCCCC(=O)NC(COC1OC(CO)C(O)C(O)C1O)C(O)/C=C/CCCCCCCCCCCCCCCCCCCCCCCCCCCCCC. The topological polar surface area (TPSA) is 149 Å². The summed E-state index contributed by atoms with van der Waals surface area (Å²) in [4.78, 5) is 13.0. The predicted octanol–water partition coefficient (Wildman–Crippen LogP) is 14.7. The lowest BCUT2D eigenvalue weighted by Gasteiger charge is -2.40. The van der Waals surface area contributed by atoms with Gasteiger partial charge in [-0.25, -0.2) is 0 Å². The number of hydrogen-bond acceptors (Lipinski definition) is 8. The van der Waals surface area contributed by atoms with E-state index in [1.165, 1.54) is 167 Å². The highest BCUT2D eigenvalue weighted by atomic mass is 16.7. The highest BCUT2D eigenvalue weighted by Gasteiger charge is 2.44. The molecule has 0 aliphatic carbocycles. The summed E-state index contributed by atoms with van der Waals surface area (Å²) in [5, 5.41) is 54.5. The Bertz CT molecular complexity index is 1280. The largest absolute Gasteiger partial charge is 0.394 e. The Kier molecular flexibility index (Phi) is 47.5. The molecule has 1 heterocycles. The zero-order valence-electron chi connectivity index (χ0n) is 45.3. The van der Waals surface area contributed by atoms with Crippen molar-refractivity contribution in [1.29, 1.82) is 0 Å². The fourth-order valence-corrected chi connectivity index (χ4v) is 9.21. The van der Waals surface area contributed by atoms with E-state index in [4.69, 9.17) is 9.47 Å². The fraction of sp³-hybridized carbons (Fsp3) is 0.820. The highest BCUT2D eigenvalue weighted by Crippen LogP contribution is 2.23. The molecule has 0 radical (unpaired) electrons. The summed E-state index contributed by atoms with van der Waals surface area (Å²) in [6.07, 6.45) is 61.6. The molecule has 6 N–H and O–H groups in total. The van der Waals surface area contributed by atoms with Gasteiger partial charge in [-0.15, -0.1) is 0 Å². The molecule has 9 heteroatoms. The van der Waals surface area contributed by atoms with Crippen LogP contribution in [0.15, 0.2) is 60.8 Å².